The molecule has 21 heavy (non-hydrogen) atoms. The molecule has 0 aliphatic rings. The van der Waals surface area contributed by atoms with Gasteiger partial charge in [-0.3, -0.25) is 10.1 Å². The minimum Gasteiger partial charge on any atom is -0.457 e. The van der Waals surface area contributed by atoms with E-state index in [9.17, 15) is 9.59 Å². The van der Waals surface area contributed by atoms with Gasteiger partial charge in [-0.05, 0) is 24.4 Å². The number of carbonyl (C=O) groups excluding carboxylic acids is 2. The van der Waals surface area contributed by atoms with Gasteiger partial charge in [-0.25, -0.2) is 4.79 Å². The van der Waals surface area contributed by atoms with Crippen molar-refractivity contribution in [2.45, 2.75) is 31.7 Å². The molecule has 0 saturated carbocycles. The fourth-order valence-electron chi connectivity index (χ4n) is 1.41. The number of urea groups is 1. The third kappa shape index (κ3) is 5.05. The summed E-state index contributed by atoms with van der Waals surface area (Å²) < 4.78 is 9.43. The van der Waals surface area contributed by atoms with Crippen LogP contribution in [0.3, 0.4) is 0 Å². The second-order valence-corrected chi connectivity index (χ2v) is 5.81. The Morgan fingerprint density at radius 3 is 2.71 bits per heavy atom. The van der Waals surface area contributed by atoms with Gasteiger partial charge in [0.05, 0.1) is 0 Å². The molecule has 0 bridgehead atoms. The Morgan fingerprint density at radius 2 is 2.19 bits per heavy atom. The van der Waals surface area contributed by atoms with E-state index < -0.39 is 11.5 Å². The fourth-order valence-corrected chi connectivity index (χ4v) is 2.37. The Morgan fingerprint density at radius 1 is 1.52 bits per heavy atom. The summed E-state index contributed by atoms with van der Waals surface area (Å²) in [5.74, 6) is -0.676. The van der Waals surface area contributed by atoms with Gasteiger partial charge in [-0.1, -0.05) is 24.9 Å². The Kier molecular flexibility index (Phi) is 6.70. The van der Waals surface area contributed by atoms with Gasteiger partial charge in [0, 0.05) is 14.1 Å². The SMILES string of the molecule is CCCCC(Cl)Oc1nsc(NC(=O)N(C)C)c1C(N)=O. The largest absolute Gasteiger partial charge is 0.457 e. The van der Waals surface area contributed by atoms with Crippen molar-refractivity contribution in [2.24, 2.45) is 5.73 Å². The highest BCUT2D eigenvalue weighted by Crippen LogP contribution is 2.31. The number of nitrogens with one attached hydrogen (secondary N) is 1. The summed E-state index contributed by atoms with van der Waals surface area (Å²) >= 11 is 6.95. The van der Waals surface area contributed by atoms with Crippen LogP contribution in [0.4, 0.5) is 9.80 Å². The molecule has 0 saturated heterocycles. The van der Waals surface area contributed by atoms with E-state index in [1.807, 2.05) is 6.92 Å². The van der Waals surface area contributed by atoms with E-state index in [1.165, 1.54) is 4.90 Å². The number of unbranched alkanes of at least 4 members (excludes halogenated alkanes) is 1. The summed E-state index contributed by atoms with van der Waals surface area (Å²) in [6.07, 6.45) is 2.51. The first kappa shape index (κ1) is 17.5. The number of amides is 3. The number of hydrogen-bond acceptors (Lipinski definition) is 5. The number of hydrogen-bond donors (Lipinski definition) is 2. The lowest BCUT2D eigenvalue weighted by Gasteiger charge is -2.12. The molecule has 1 atom stereocenters. The predicted octanol–water partition coefficient (Wildman–Crippen LogP) is 2.47. The molecule has 9 heteroatoms. The van der Waals surface area contributed by atoms with Crippen LogP contribution in [0.15, 0.2) is 0 Å². The maximum atomic E-state index is 11.6. The number of halogens is 1. The molecular formula is C12H19ClN4O3S. The Hall–Kier alpha value is -1.54. The number of nitrogens with zero attached hydrogens (tertiary/aromatic N) is 2. The Labute approximate surface area is 132 Å². The highest BCUT2D eigenvalue weighted by atomic mass is 35.5. The van der Waals surface area contributed by atoms with Crippen LogP contribution in [0.1, 0.15) is 36.5 Å². The van der Waals surface area contributed by atoms with Crippen molar-refractivity contribution in [1.29, 1.82) is 0 Å². The van der Waals surface area contributed by atoms with Crippen molar-refractivity contribution >= 4 is 40.1 Å². The summed E-state index contributed by atoms with van der Waals surface area (Å²) in [6, 6.07) is -0.388. The number of rotatable bonds is 7. The highest BCUT2D eigenvalue weighted by Gasteiger charge is 2.23. The number of ether oxygens (including phenoxy) is 1. The number of primary amides is 1. The molecule has 0 radical (unpaired) electrons. The van der Waals surface area contributed by atoms with E-state index >= 15 is 0 Å². The van der Waals surface area contributed by atoms with Crippen LogP contribution in [0.2, 0.25) is 0 Å². The predicted molar refractivity (Wildman–Crippen MR) is 83.1 cm³/mol. The van der Waals surface area contributed by atoms with E-state index in [-0.39, 0.29) is 22.5 Å². The molecule has 0 aliphatic heterocycles. The molecule has 0 spiro atoms. The molecule has 0 fully saturated rings. The lowest BCUT2D eigenvalue weighted by Crippen LogP contribution is -2.28. The van der Waals surface area contributed by atoms with Crippen molar-refractivity contribution < 1.29 is 14.3 Å². The summed E-state index contributed by atoms with van der Waals surface area (Å²) in [7, 11) is 3.16. The standard InChI is InChI=1S/C12H19ClN4O3S/c1-4-5-6-7(13)20-10-8(9(14)18)11(21-16-10)15-12(19)17(2)3/h7H,4-6H2,1-3H3,(H2,14,18)(H,15,19). The van der Waals surface area contributed by atoms with Crippen LogP contribution < -0.4 is 15.8 Å². The average molecular weight is 335 g/mol. The van der Waals surface area contributed by atoms with Gasteiger partial charge in [0.1, 0.15) is 10.6 Å². The fraction of sp³-hybridized carbons (Fsp3) is 0.583. The minimum absolute atomic E-state index is 0.0392. The molecule has 3 amide bonds. The minimum atomic E-state index is -0.729. The third-order valence-corrected chi connectivity index (χ3v) is 3.61. The first-order chi connectivity index (χ1) is 9.86. The molecule has 1 aromatic rings. The van der Waals surface area contributed by atoms with E-state index in [1.54, 1.807) is 14.1 Å². The van der Waals surface area contributed by atoms with Crippen LogP contribution in [-0.4, -0.2) is 40.9 Å². The molecule has 1 rings (SSSR count). The van der Waals surface area contributed by atoms with Crippen molar-refractivity contribution in [2.75, 3.05) is 19.4 Å². The first-order valence-corrected chi connectivity index (χ1v) is 7.66. The molecule has 1 aromatic heterocycles. The number of nitrogens with two attached hydrogens (primary N) is 1. The van der Waals surface area contributed by atoms with Crippen molar-refractivity contribution in [3.8, 4) is 5.88 Å². The zero-order valence-corrected chi connectivity index (χ0v) is 13.8. The maximum absolute atomic E-state index is 11.6. The molecule has 0 aliphatic carbocycles. The zero-order valence-electron chi connectivity index (χ0n) is 12.2. The quantitative estimate of drug-likeness (QED) is 0.748. The van der Waals surface area contributed by atoms with Gasteiger partial charge in [0.25, 0.3) is 5.91 Å². The van der Waals surface area contributed by atoms with Gasteiger partial charge in [-0.2, -0.15) is 4.37 Å². The van der Waals surface area contributed by atoms with Gasteiger partial charge in [-0.15, -0.1) is 0 Å². The Balaban J connectivity index is 2.88. The van der Waals surface area contributed by atoms with Crippen molar-refractivity contribution in [1.82, 2.24) is 9.27 Å². The van der Waals surface area contributed by atoms with Crippen LogP contribution in [-0.2, 0) is 0 Å². The molecule has 118 valence electrons. The second-order valence-electron chi connectivity index (χ2n) is 4.55. The summed E-state index contributed by atoms with van der Waals surface area (Å²) in [6.45, 7) is 2.04. The first-order valence-electron chi connectivity index (χ1n) is 6.45. The van der Waals surface area contributed by atoms with Crippen LogP contribution in [0.5, 0.6) is 5.88 Å². The summed E-state index contributed by atoms with van der Waals surface area (Å²) in [4.78, 5) is 24.5. The normalized spacial score (nSPS) is 11.8. The van der Waals surface area contributed by atoms with Gasteiger partial charge < -0.3 is 15.4 Å². The lowest BCUT2D eigenvalue weighted by atomic mass is 10.2. The van der Waals surface area contributed by atoms with E-state index in [0.29, 0.717) is 6.42 Å². The molecule has 7 nitrogen and oxygen atoms in total. The summed E-state index contributed by atoms with van der Waals surface area (Å²) in [5.41, 5.74) is 4.77. The van der Waals surface area contributed by atoms with Crippen LogP contribution in [0, 0.1) is 0 Å². The molecule has 1 heterocycles. The lowest BCUT2D eigenvalue weighted by molar-refractivity contribution is 0.0996. The third-order valence-electron chi connectivity index (χ3n) is 2.56. The molecule has 3 N–H and O–H groups in total. The molecular weight excluding hydrogens is 316 g/mol. The Bertz CT molecular complexity index is 507. The topological polar surface area (TPSA) is 97.6 Å². The number of anilines is 1. The van der Waals surface area contributed by atoms with Crippen molar-refractivity contribution in [3.05, 3.63) is 5.56 Å². The van der Waals surface area contributed by atoms with E-state index in [0.717, 1.165) is 24.4 Å². The summed E-state index contributed by atoms with van der Waals surface area (Å²) in [5, 5.41) is 2.79. The number of aromatic nitrogens is 1. The highest BCUT2D eigenvalue weighted by molar-refractivity contribution is 7.11. The zero-order chi connectivity index (χ0) is 16.0. The van der Waals surface area contributed by atoms with Gasteiger partial charge in [0.2, 0.25) is 5.88 Å². The van der Waals surface area contributed by atoms with Crippen molar-refractivity contribution in [3.63, 3.8) is 0 Å². The number of carbonyl (C=O) groups is 2. The van der Waals surface area contributed by atoms with Crippen LogP contribution in [0.25, 0.3) is 0 Å². The number of alkyl halides is 1. The van der Waals surface area contributed by atoms with E-state index in [2.05, 4.69) is 9.69 Å². The second kappa shape index (κ2) is 8.04. The van der Waals surface area contributed by atoms with Crippen LogP contribution >= 0.6 is 23.1 Å². The maximum Gasteiger partial charge on any atom is 0.321 e. The monoisotopic (exact) mass is 334 g/mol. The van der Waals surface area contributed by atoms with E-state index in [4.69, 9.17) is 22.1 Å². The molecule has 0 aromatic carbocycles. The average Bonchev–Trinajstić information content (AvgIpc) is 2.78. The molecule has 1 unspecified atom stereocenters. The van der Waals surface area contributed by atoms with Gasteiger partial charge >= 0.3 is 6.03 Å². The van der Waals surface area contributed by atoms with Gasteiger partial charge in [0.15, 0.2) is 5.56 Å². The smallest absolute Gasteiger partial charge is 0.321 e.